The Labute approximate surface area is 600 Å². The zero-order valence-electron chi connectivity index (χ0n) is 71.3. The smallest absolute Gasteiger partial charge is 0.268 e. The topological polar surface area (TPSA) is 49.0 Å². The second-order valence-corrected chi connectivity index (χ2v) is 27.9. The number of hydrogen-bond donors (Lipinski definition) is 0. The zero-order chi connectivity index (χ0) is 80.8. The van der Waals surface area contributed by atoms with Crippen LogP contribution in [0.1, 0.15) is 53.7 Å². The van der Waals surface area contributed by atoms with E-state index in [9.17, 15) is 19.2 Å². The average molecular weight is 1450 g/mol. The summed E-state index contributed by atoms with van der Waals surface area (Å²) in [7, 11) is -5.99. The van der Waals surface area contributed by atoms with Crippen LogP contribution in [0.5, 0.6) is 11.5 Å². The molecule has 0 saturated carbocycles. The fourth-order valence-corrected chi connectivity index (χ4v) is 17.6. The van der Waals surface area contributed by atoms with Crippen molar-refractivity contribution >= 4 is 83.6 Å². The van der Waals surface area contributed by atoms with E-state index in [2.05, 4.69) is 45.3 Å². The van der Waals surface area contributed by atoms with Gasteiger partial charge in [-0.25, -0.2) is 4.98 Å². The fourth-order valence-electron chi connectivity index (χ4n) is 13.8. The van der Waals surface area contributed by atoms with Crippen molar-refractivity contribution in [3.05, 3.63) is 333 Å². The van der Waals surface area contributed by atoms with Crippen LogP contribution in [0, 0.1) is 18.5 Å². The van der Waals surface area contributed by atoms with Crippen molar-refractivity contribution < 1.29 is 62.2 Å². The molecular weight excluding hydrogens is 1370 g/mol. The van der Waals surface area contributed by atoms with Gasteiger partial charge >= 0.3 is 0 Å². The van der Waals surface area contributed by atoms with Crippen molar-refractivity contribution in [1.82, 2.24) is 14.1 Å². The normalized spacial score (nSPS) is 14.9. The molecule has 4 aromatic heterocycles. The third-order valence-electron chi connectivity index (χ3n) is 18.0. The van der Waals surface area contributed by atoms with E-state index in [-0.39, 0.29) is 76.6 Å². The number of benzene rings is 13. The van der Waals surface area contributed by atoms with E-state index in [0.29, 0.717) is 67.1 Å². The second kappa shape index (κ2) is 23.4. The molecule has 96 heavy (non-hydrogen) atoms. The van der Waals surface area contributed by atoms with Gasteiger partial charge in [-0.15, -0.1) is 29.7 Å². The van der Waals surface area contributed by atoms with Gasteiger partial charge in [0.25, 0.3) is 6.33 Å². The van der Waals surface area contributed by atoms with Crippen LogP contribution < -0.4 is 30.1 Å². The number of ether oxygens (including phenoxy) is 1. The molecule has 18 rings (SSSR count). The van der Waals surface area contributed by atoms with E-state index in [4.69, 9.17) is 22.4 Å². The summed E-state index contributed by atoms with van der Waals surface area (Å²) in [4.78, 5) is 4.89. The summed E-state index contributed by atoms with van der Waals surface area (Å²) in [5.74, 6) is 1.04. The molecule has 0 bridgehead atoms. The van der Waals surface area contributed by atoms with Crippen LogP contribution in [0.15, 0.2) is 313 Å². The molecule has 0 radical (unpaired) electrons. The van der Waals surface area contributed by atoms with E-state index in [1.807, 2.05) is 114 Å². The SMILES string of the molecule is [2H]c1c([2H])c([2H])c(-c2cccc3c2-c2cccc(-c4ccc5oc6ccccc6c5c4)c2-[n+]2[c-]n(-c4[c-]c(Oc5[c-]c6c(cc5)c5ccccc5n6-c5cc(C(C)(C)C)ccn5)ccc4)c4cc([Si](c5c([2H])c([2H])c([2H])c([2H])c5[2H])(c5c([2H])c([2H])c([2H])c([2H])c5[2H])c5c([2H])c([2H])c([2H])c([2H])c5[2H])cc(c42)-c2ccccc2-3)c([2H])c1[2H].[Pt]. The van der Waals surface area contributed by atoms with Gasteiger partial charge in [-0.05, 0) is 135 Å². The maximum Gasteiger partial charge on any atom is 0.268 e. The second-order valence-electron chi connectivity index (χ2n) is 24.3. The molecular formula is C88H60N4O2PtSi-2. The standard InChI is InChI=1S/C88H60N4O2Si.Pt/c1-88(2,3)60-49-50-89-84(52-60)92-79-43-20-18-37-72(79)73-47-46-63(54-80(73)92)93-62-28-22-27-61(53-62)90-57-91-86-69(59-45-48-83-77(51-59)74-38-19-21-44-82(74)94-83)40-24-42-76(86)85-68(58-25-8-4-9-26-58)39-23-41-75(85)70-35-16-17-36-71(70)78-55-67(56-81(90)87(78)91)95(64-29-10-5-11-30-64,65-31-12-6-13-32-65)66-33-14-7-15-34-66;/h4-52,55-56H,1-3H3;/q-2;/i4D,5D,6D,7D,8D,9D,10D,11D,12D,13D,14D,15D,25D,26D,29D,30D,31D,32D,33D,34D;. The average Bonchev–Trinajstić information content (AvgIpc) is 1.45. The number of para-hydroxylation sites is 3. The molecule has 17 aromatic rings. The van der Waals surface area contributed by atoms with Crippen molar-refractivity contribution in [3.8, 4) is 84.3 Å². The van der Waals surface area contributed by atoms with Gasteiger partial charge in [0.2, 0.25) is 0 Å². The van der Waals surface area contributed by atoms with Crippen LogP contribution in [0.3, 0.4) is 0 Å². The Balaban J connectivity index is 0.00000968. The fraction of sp³-hybridized carbons (Fsp3) is 0.0455. The summed E-state index contributed by atoms with van der Waals surface area (Å²) in [6.07, 6.45) is 5.53. The third-order valence-corrected chi connectivity index (χ3v) is 22.1. The maximum absolute atomic E-state index is 10.2. The van der Waals surface area contributed by atoms with Crippen LogP contribution in [0.25, 0.3) is 128 Å². The first kappa shape index (κ1) is 40.8. The molecule has 13 aromatic carbocycles. The number of imidazole rings is 1. The number of fused-ring (bicyclic) bond motifs is 13. The number of aromatic nitrogens is 4. The van der Waals surface area contributed by atoms with Gasteiger partial charge < -0.3 is 18.3 Å². The van der Waals surface area contributed by atoms with Crippen molar-refractivity contribution in [2.45, 2.75) is 26.2 Å². The van der Waals surface area contributed by atoms with Crippen LogP contribution in [0.2, 0.25) is 0 Å². The summed E-state index contributed by atoms with van der Waals surface area (Å²) < 4.78 is 211. The largest absolute Gasteiger partial charge is 0.510 e. The minimum atomic E-state index is -5.99. The molecule has 460 valence electrons. The summed E-state index contributed by atoms with van der Waals surface area (Å²) in [5, 5.41) is 0.970. The van der Waals surface area contributed by atoms with Gasteiger partial charge in [0.05, 0.1) is 44.1 Å². The Morgan fingerprint density at radius 1 is 0.469 bits per heavy atom. The van der Waals surface area contributed by atoms with Crippen LogP contribution >= 0.6 is 0 Å². The predicted octanol–water partition coefficient (Wildman–Crippen LogP) is 18.8. The monoisotopic (exact) mass is 1450 g/mol. The molecule has 6 nitrogen and oxygen atoms in total. The summed E-state index contributed by atoms with van der Waals surface area (Å²) >= 11 is 0. The molecule has 0 saturated heterocycles. The molecule has 8 heteroatoms. The third kappa shape index (κ3) is 9.47. The zero-order valence-corrected chi connectivity index (χ0v) is 54.6. The Morgan fingerprint density at radius 2 is 1.07 bits per heavy atom. The van der Waals surface area contributed by atoms with Gasteiger partial charge in [-0.1, -0.05) is 262 Å². The number of furan rings is 1. The molecule has 0 unspecified atom stereocenters. The number of pyridine rings is 1. The molecule has 0 spiro atoms. The van der Waals surface area contributed by atoms with E-state index >= 15 is 0 Å². The van der Waals surface area contributed by atoms with Gasteiger partial charge in [0.15, 0.2) is 8.07 Å². The van der Waals surface area contributed by atoms with Crippen molar-refractivity contribution in [2.24, 2.45) is 0 Å². The summed E-state index contributed by atoms with van der Waals surface area (Å²) in [6.45, 7) is 6.39. The molecule has 0 fully saturated rings. The van der Waals surface area contributed by atoms with Gasteiger partial charge in [-0.3, -0.25) is 4.57 Å². The van der Waals surface area contributed by atoms with Gasteiger partial charge in [0, 0.05) is 55.1 Å². The first-order valence-corrected chi connectivity index (χ1v) is 32.8. The number of nitrogens with zero attached hydrogens (tertiary/aromatic N) is 4. The van der Waals surface area contributed by atoms with Gasteiger partial charge in [-0.2, -0.15) is 18.2 Å². The first-order valence-electron chi connectivity index (χ1n) is 40.8. The minimum absolute atomic E-state index is 0. The predicted molar refractivity (Wildman–Crippen MR) is 390 cm³/mol. The molecule has 1 aliphatic rings. The Hall–Kier alpha value is -11.2. The van der Waals surface area contributed by atoms with Crippen molar-refractivity contribution in [1.29, 1.82) is 0 Å². The molecule has 1 aliphatic heterocycles. The Morgan fingerprint density at radius 3 is 1.80 bits per heavy atom. The van der Waals surface area contributed by atoms with E-state index in [0.717, 1.165) is 32.6 Å². The maximum atomic E-state index is 10.2. The van der Waals surface area contributed by atoms with Gasteiger partial charge in [0.1, 0.15) is 17.0 Å². The van der Waals surface area contributed by atoms with E-state index < -0.39 is 144 Å². The first-order chi connectivity index (χ1) is 55.0. The van der Waals surface area contributed by atoms with E-state index in [1.165, 1.54) is 6.07 Å². The molecule has 0 atom stereocenters. The minimum Gasteiger partial charge on any atom is -0.510 e. The van der Waals surface area contributed by atoms with Crippen LogP contribution in [0.4, 0.5) is 0 Å². The van der Waals surface area contributed by atoms with Crippen LogP contribution in [-0.4, -0.2) is 22.2 Å². The van der Waals surface area contributed by atoms with Crippen molar-refractivity contribution in [3.63, 3.8) is 0 Å². The number of rotatable bonds is 10. The molecule has 0 aliphatic carbocycles. The molecule has 5 heterocycles. The summed E-state index contributed by atoms with van der Waals surface area (Å²) in [6, 6.07) is 45.2. The molecule has 0 amide bonds. The van der Waals surface area contributed by atoms with Crippen LogP contribution in [-0.2, 0) is 26.5 Å². The quantitative estimate of drug-likeness (QED) is 0.0593. The van der Waals surface area contributed by atoms with E-state index in [1.54, 1.807) is 76.0 Å². The van der Waals surface area contributed by atoms with Crippen molar-refractivity contribution in [2.75, 3.05) is 0 Å². The molecule has 0 N–H and O–H groups in total. The Kier molecular flexibility index (Phi) is 9.93. The summed E-state index contributed by atoms with van der Waals surface area (Å²) in [5.41, 5.74) is 7.81. The Bertz CT molecular complexity index is 6890. The number of hydrogen-bond acceptors (Lipinski definition) is 3.